The predicted molar refractivity (Wildman–Crippen MR) is 196 cm³/mol. The number of rotatable bonds is 5. The standard InChI is InChI=1S/C44H33N3O/c1-47-39(31-17-9-4-10-18-31)28-38(30-15-7-3-8-16-30)46-44(47)33-23-21-32(22-24-33)42-41-35-19-11-12-20-40(35)48-43(41)36-27-34(25-26-37(36)45-42)29-13-5-2-6-14-29/h2-28,36-37,39H,1H3. The Hall–Kier alpha value is -6.00. The summed E-state index contributed by atoms with van der Waals surface area (Å²) in [7, 11) is 2.13. The highest BCUT2D eigenvalue weighted by Gasteiger charge is 2.36. The van der Waals surface area contributed by atoms with E-state index in [2.05, 4.69) is 164 Å². The van der Waals surface area contributed by atoms with E-state index in [1.165, 1.54) is 16.7 Å². The minimum atomic E-state index is -0.0424. The van der Waals surface area contributed by atoms with Gasteiger partial charge in [0, 0.05) is 23.6 Å². The van der Waals surface area contributed by atoms with Crippen LogP contribution < -0.4 is 0 Å². The van der Waals surface area contributed by atoms with Crippen molar-refractivity contribution in [3.63, 3.8) is 0 Å². The highest BCUT2D eigenvalue weighted by atomic mass is 16.3. The van der Waals surface area contributed by atoms with Crippen LogP contribution in [0.15, 0.2) is 178 Å². The van der Waals surface area contributed by atoms with Crippen molar-refractivity contribution in [2.45, 2.75) is 18.0 Å². The monoisotopic (exact) mass is 619 g/mol. The molecule has 3 unspecified atom stereocenters. The molecule has 3 heterocycles. The van der Waals surface area contributed by atoms with Crippen LogP contribution >= 0.6 is 0 Å². The zero-order valence-electron chi connectivity index (χ0n) is 26.6. The number of benzene rings is 5. The molecule has 0 radical (unpaired) electrons. The van der Waals surface area contributed by atoms with E-state index in [1.54, 1.807) is 0 Å². The Kier molecular flexibility index (Phi) is 6.86. The van der Waals surface area contributed by atoms with Crippen LogP contribution in [0.4, 0.5) is 0 Å². The lowest BCUT2D eigenvalue weighted by molar-refractivity contribution is 0.435. The lowest BCUT2D eigenvalue weighted by Gasteiger charge is -2.33. The van der Waals surface area contributed by atoms with E-state index in [-0.39, 0.29) is 18.0 Å². The lowest BCUT2D eigenvalue weighted by atomic mass is 9.81. The molecule has 0 bridgehead atoms. The van der Waals surface area contributed by atoms with Gasteiger partial charge in [0.25, 0.3) is 0 Å². The summed E-state index contributed by atoms with van der Waals surface area (Å²) in [5.41, 5.74) is 10.8. The van der Waals surface area contributed by atoms with Crippen molar-refractivity contribution < 1.29 is 4.42 Å². The molecular weight excluding hydrogens is 587 g/mol. The third-order valence-electron chi connectivity index (χ3n) is 9.67. The van der Waals surface area contributed by atoms with Crippen LogP contribution in [0.2, 0.25) is 0 Å². The molecule has 48 heavy (non-hydrogen) atoms. The van der Waals surface area contributed by atoms with Gasteiger partial charge >= 0.3 is 0 Å². The number of likely N-dealkylation sites (N-methyl/N-ethyl adjacent to an activating group) is 1. The Morgan fingerprint density at radius 2 is 1.27 bits per heavy atom. The van der Waals surface area contributed by atoms with Crippen LogP contribution in [0.25, 0.3) is 22.2 Å². The molecule has 4 heteroatoms. The van der Waals surface area contributed by atoms with Gasteiger partial charge in [-0.1, -0.05) is 152 Å². The Morgan fingerprint density at radius 1 is 0.625 bits per heavy atom. The smallest absolute Gasteiger partial charge is 0.137 e. The maximum absolute atomic E-state index is 6.65. The number of nitrogens with zero attached hydrogens (tertiary/aromatic N) is 3. The lowest BCUT2D eigenvalue weighted by Crippen LogP contribution is -2.33. The number of aliphatic imine (C=N–C) groups is 2. The molecule has 3 atom stereocenters. The molecule has 0 fully saturated rings. The summed E-state index contributed by atoms with van der Waals surface area (Å²) < 4.78 is 6.65. The fourth-order valence-corrected chi connectivity index (χ4v) is 7.23. The molecule has 0 saturated heterocycles. The van der Waals surface area contributed by atoms with Crippen LogP contribution in [0, 0.1) is 0 Å². The highest BCUT2D eigenvalue weighted by Crippen LogP contribution is 2.43. The normalized spacial score (nSPS) is 19.9. The van der Waals surface area contributed by atoms with Crippen LogP contribution in [0.1, 0.15) is 51.1 Å². The van der Waals surface area contributed by atoms with Crippen molar-refractivity contribution >= 4 is 33.8 Å². The minimum Gasteiger partial charge on any atom is -0.460 e. The van der Waals surface area contributed by atoms with E-state index >= 15 is 0 Å². The van der Waals surface area contributed by atoms with Gasteiger partial charge in [0.2, 0.25) is 0 Å². The Balaban J connectivity index is 1.11. The van der Waals surface area contributed by atoms with Crippen molar-refractivity contribution in [3.8, 4) is 0 Å². The summed E-state index contributed by atoms with van der Waals surface area (Å²) in [6, 6.07) is 48.7. The van der Waals surface area contributed by atoms with Crippen LogP contribution in [0.5, 0.6) is 0 Å². The second kappa shape index (κ2) is 11.7. The number of furan rings is 1. The van der Waals surface area contributed by atoms with E-state index in [9.17, 15) is 0 Å². The van der Waals surface area contributed by atoms with Gasteiger partial charge in [-0.3, -0.25) is 4.99 Å². The SMILES string of the molecule is CN1C(c2ccc(C3=NC4C=CC(c5ccccc5)=CC4c4oc5ccccc5c43)cc2)=NC(c2ccccc2)=CC1c1ccccc1. The van der Waals surface area contributed by atoms with Gasteiger partial charge in [0.05, 0.1) is 35.0 Å². The molecule has 9 rings (SSSR count). The first kappa shape index (κ1) is 28.2. The van der Waals surface area contributed by atoms with Gasteiger partial charge in [0.15, 0.2) is 0 Å². The van der Waals surface area contributed by atoms with Crippen molar-refractivity contribution in [2.75, 3.05) is 7.05 Å². The van der Waals surface area contributed by atoms with E-state index in [0.29, 0.717) is 0 Å². The van der Waals surface area contributed by atoms with Crippen LogP contribution in [-0.4, -0.2) is 29.5 Å². The molecule has 0 amide bonds. The number of fused-ring (bicyclic) bond motifs is 5. The number of amidine groups is 1. The van der Waals surface area contributed by atoms with Gasteiger partial charge < -0.3 is 9.32 Å². The molecule has 5 aromatic carbocycles. The van der Waals surface area contributed by atoms with Gasteiger partial charge in [-0.05, 0) is 34.4 Å². The third kappa shape index (κ3) is 4.85. The zero-order valence-corrected chi connectivity index (χ0v) is 26.6. The minimum absolute atomic E-state index is 0.0268. The van der Waals surface area contributed by atoms with Crippen molar-refractivity contribution in [3.05, 3.63) is 203 Å². The Morgan fingerprint density at radius 3 is 2.02 bits per heavy atom. The maximum atomic E-state index is 6.65. The van der Waals surface area contributed by atoms with Gasteiger partial charge in [-0.25, -0.2) is 4.99 Å². The quantitative estimate of drug-likeness (QED) is 0.193. The van der Waals surface area contributed by atoms with Crippen LogP contribution in [0.3, 0.4) is 0 Å². The Labute approximate surface area is 280 Å². The third-order valence-corrected chi connectivity index (χ3v) is 9.67. The average molecular weight is 620 g/mol. The fourth-order valence-electron chi connectivity index (χ4n) is 7.23. The zero-order chi connectivity index (χ0) is 32.0. The molecule has 4 nitrogen and oxygen atoms in total. The summed E-state index contributed by atoms with van der Waals surface area (Å²) in [6.45, 7) is 0. The number of hydrogen-bond donors (Lipinski definition) is 0. The van der Waals surface area contributed by atoms with Gasteiger partial charge in [-0.15, -0.1) is 0 Å². The van der Waals surface area contributed by atoms with E-state index in [4.69, 9.17) is 14.4 Å². The number of allylic oxidation sites excluding steroid dienone is 2. The largest absolute Gasteiger partial charge is 0.460 e. The molecule has 0 N–H and O–H groups in total. The van der Waals surface area contributed by atoms with Gasteiger partial charge in [-0.2, -0.15) is 0 Å². The number of para-hydroxylation sites is 1. The molecule has 1 aromatic heterocycles. The second-order valence-corrected chi connectivity index (χ2v) is 12.6. The van der Waals surface area contributed by atoms with Crippen LogP contribution in [-0.2, 0) is 0 Å². The average Bonchev–Trinajstić information content (AvgIpc) is 3.56. The molecule has 3 aliphatic rings. The van der Waals surface area contributed by atoms with E-state index in [0.717, 1.165) is 56.2 Å². The summed E-state index contributed by atoms with van der Waals surface area (Å²) in [5.74, 6) is 1.94. The van der Waals surface area contributed by atoms with Crippen molar-refractivity contribution in [1.82, 2.24) is 4.90 Å². The van der Waals surface area contributed by atoms with Gasteiger partial charge in [0.1, 0.15) is 17.2 Å². The van der Waals surface area contributed by atoms with Crippen molar-refractivity contribution in [1.29, 1.82) is 0 Å². The summed E-state index contributed by atoms with van der Waals surface area (Å²) >= 11 is 0. The summed E-state index contributed by atoms with van der Waals surface area (Å²) in [5, 5.41) is 1.10. The summed E-state index contributed by atoms with van der Waals surface area (Å²) in [4.78, 5) is 12.9. The molecule has 1 aliphatic carbocycles. The Bertz CT molecular complexity index is 2290. The topological polar surface area (TPSA) is 41.1 Å². The fraction of sp³-hybridized carbons (Fsp3) is 0.0909. The first-order chi connectivity index (χ1) is 23.7. The first-order valence-electron chi connectivity index (χ1n) is 16.5. The number of hydrogen-bond acceptors (Lipinski definition) is 4. The maximum Gasteiger partial charge on any atom is 0.137 e. The second-order valence-electron chi connectivity index (χ2n) is 12.6. The molecule has 0 spiro atoms. The van der Waals surface area contributed by atoms with E-state index in [1.807, 2.05) is 12.1 Å². The first-order valence-corrected chi connectivity index (χ1v) is 16.5. The predicted octanol–water partition coefficient (Wildman–Crippen LogP) is 9.86. The summed E-state index contributed by atoms with van der Waals surface area (Å²) in [6.07, 6.45) is 9.01. The molecule has 230 valence electrons. The highest BCUT2D eigenvalue weighted by molar-refractivity contribution is 6.21. The van der Waals surface area contributed by atoms with E-state index < -0.39 is 0 Å². The molecule has 0 saturated carbocycles. The molecule has 6 aromatic rings. The molecular formula is C44H33N3O. The van der Waals surface area contributed by atoms with Crippen molar-refractivity contribution in [2.24, 2.45) is 9.98 Å². The molecule has 2 aliphatic heterocycles.